The van der Waals surface area contributed by atoms with Gasteiger partial charge in [0.15, 0.2) is 8.32 Å². The Balaban J connectivity index is 1.77. The molecule has 1 unspecified atom stereocenters. The van der Waals surface area contributed by atoms with Gasteiger partial charge in [-0.15, -0.1) is 0 Å². The van der Waals surface area contributed by atoms with Gasteiger partial charge in [-0.3, -0.25) is 0 Å². The van der Waals surface area contributed by atoms with E-state index in [4.69, 9.17) is 27.6 Å². The summed E-state index contributed by atoms with van der Waals surface area (Å²) in [6.45, 7) is 14.3. The van der Waals surface area contributed by atoms with Gasteiger partial charge in [0.25, 0.3) is 0 Å². The molecule has 28 heavy (non-hydrogen) atoms. The van der Waals surface area contributed by atoms with Crippen molar-refractivity contribution >= 4 is 31.5 Å². The molecule has 4 atom stereocenters. The molecule has 1 aromatic rings. The van der Waals surface area contributed by atoms with Crippen LogP contribution in [-0.4, -0.2) is 25.9 Å². The van der Waals surface area contributed by atoms with Crippen LogP contribution in [0.5, 0.6) is 0 Å². The third kappa shape index (κ3) is 4.32. The summed E-state index contributed by atoms with van der Waals surface area (Å²) in [6.07, 6.45) is 2.41. The highest BCUT2D eigenvalue weighted by Gasteiger charge is 2.61. The van der Waals surface area contributed by atoms with Crippen molar-refractivity contribution in [3.63, 3.8) is 0 Å². The van der Waals surface area contributed by atoms with Crippen LogP contribution >= 0.6 is 23.2 Å². The Labute approximate surface area is 182 Å². The van der Waals surface area contributed by atoms with Gasteiger partial charge in [-0.25, -0.2) is 4.98 Å². The summed E-state index contributed by atoms with van der Waals surface area (Å²) >= 11 is 13.2. The predicted octanol–water partition coefficient (Wildman–Crippen LogP) is 6.78. The van der Waals surface area contributed by atoms with Gasteiger partial charge in [-0.2, -0.15) is 0 Å². The highest BCUT2D eigenvalue weighted by molar-refractivity contribution is 6.73. The quantitative estimate of drug-likeness (QED) is 0.337. The smallest absolute Gasteiger partial charge is 0.192 e. The molecule has 0 amide bonds. The first-order valence-corrected chi connectivity index (χ1v) is 14.2. The van der Waals surface area contributed by atoms with Crippen molar-refractivity contribution in [1.82, 2.24) is 10.3 Å². The molecule has 6 heteroatoms. The van der Waals surface area contributed by atoms with Crippen molar-refractivity contribution < 1.29 is 4.43 Å². The van der Waals surface area contributed by atoms with E-state index in [2.05, 4.69) is 44.9 Å². The molecule has 1 heterocycles. The van der Waals surface area contributed by atoms with Crippen molar-refractivity contribution in [3.05, 3.63) is 27.5 Å². The van der Waals surface area contributed by atoms with Gasteiger partial charge in [0.2, 0.25) is 0 Å². The third-order valence-electron chi connectivity index (χ3n) is 7.69. The van der Waals surface area contributed by atoms with Crippen LogP contribution < -0.4 is 5.32 Å². The number of halogens is 2. The SMILES string of the molecule is CC[Si](CC)(CC)OC(CN[C@H]1C[C@@H]2[C@H](C1)C2(C)C)c1c(Cl)cc(C)nc1Cl. The fourth-order valence-electron chi connectivity index (χ4n) is 5.34. The summed E-state index contributed by atoms with van der Waals surface area (Å²) in [5.41, 5.74) is 2.25. The second kappa shape index (κ2) is 8.54. The summed E-state index contributed by atoms with van der Waals surface area (Å²) in [4.78, 5) is 4.47. The number of aryl methyl sites for hydroxylation is 1. The van der Waals surface area contributed by atoms with Crippen LogP contribution in [0.3, 0.4) is 0 Å². The molecular formula is C22H36Cl2N2OSi. The molecular weight excluding hydrogens is 407 g/mol. The highest BCUT2D eigenvalue weighted by atomic mass is 35.5. The Morgan fingerprint density at radius 1 is 1.18 bits per heavy atom. The van der Waals surface area contributed by atoms with E-state index in [1.165, 1.54) is 12.8 Å². The summed E-state index contributed by atoms with van der Waals surface area (Å²) in [5, 5.41) is 4.95. The number of pyridine rings is 1. The molecule has 0 aliphatic heterocycles. The summed E-state index contributed by atoms with van der Waals surface area (Å²) in [7, 11) is -1.81. The van der Waals surface area contributed by atoms with Crippen molar-refractivity contribution in [2.24, 2.45) is 17.3 Å². The standard InChI is InChI=1S/C22H36Cl2N2OSi/c1-7-28(8-2,9-3)27-19(20-18(23)10-14(4)26-21(20)24)13-25-15-11-16-17(12-15)22(16,5)6/h10,15-17,19,25H,7-9,11-13H2,1-6H3/t15-,16+,17-,19?. The molecule has 0 aromatic carbocycles. The van der Waals surface area contributed by atoms with E-state index < -0.39 is 8.32 Å². The van der Waals surface area contributed by atoms with Crippen molar-refractivity contribution in [2.45, 2.75) is 84.7 Å². The van der Waals surface area contributed by atoms with Gasteiger partial charge in [0.1, 0.15) is 5.15 Å². The molecule has 1 aromatic heterocycles. The maximum atomic E-state index is 6.88. The minimum atomic E-state index is -1.81. The molecule has 0 saturated heterocycles. The number of fused-ring (bicyclic) bond motifs is 1. The lowest BCUT2D eigenvalue weighted by Crippen LogP contribution is -2.41. The molecule has 0 bridgehead atoms. The molecule has 2 saturated carbocycles. The largest absolute Gasteiger partial charge is 0.408 e. The molecule has 3 nitrogen and oxygen atoms in total. The van der Waals surface area contributed by atoms with Crippen LogP contribution in [0.25, 0.3) is 0 Å². The van der Waals surface area contributed by atoms with E-state index in [9.17, 15) is 0 Å². The molecule has 2 aliphatic carbocycles. The van der Waals surface area contributed by atoms with Gasteiger partial charge in [0, 0.05) is 23.8 Å². The van der Waals surface area contributed by atoms with Crippen LogP contribution in [0, 0.1) is 24.2 Å². The van der Waals surface area contributed by atoms with E-state index in [1.807, 2.05) is 13.0 Å². The predicted molar refractivity (Wildman–Crippen MR) is 122 cm³/mol. The number of hydrogen-bond acceptors (Lipinski definition) is 3. The van der Waals surface area contributed by atoms with Crippen LogP contribution in [0.15, 0.2) is 6.07 Å². The molecule has 158 valence electrons. The van der Waals surface area contributed by atoms with Crippen LogP contribution in [0.1, 0.15) is 64.8 Å². The summed E-state index contributed by atoms with van der Waals surface area (Å²) in [5.74, 6) is 1.76. The lowest BCUT2D eigenvalue weighted by Gasteiger charge is -2.35. The monoisotopic (exact) mass is 442 g/mol. The van der Waals surface area contributed by atoms with Gasteiger partial charge < -0.3 is 9.74 Å². The van der Waals surface area contributed by atoms with Crippen LogP contribution in [-0.2, 0) is 4.43 Å². The Morgan fingerprint density at radius 3 is 2.25 bits per heavy atom. The van der Waals surface area contributed by atoms with Gasteiger partial charge in [-0.05, 0) is 61.2 Å². The maximum Gasteiger partial charge on any atom is 0.192 e. The molecule has 2 fully saturated rings. The Morgan fingerprint density at radius 2 is 1.75 bits per heavy atom. The first-order valence-electron chi connectivity index (χ1n) is 10.9. The molecule has 2 aliphatic rings. The fourth-order valence-corrected chi connectivity index (χ4v) is 8.92. The molecule has 0 radical (unpaired) electrons. The van der Waals surface area contributed by atoms with Crippen molar-refractivity contribution in [2.75, 3.05) is 6.54 Å². The first kappa shape index (κ1) is 22.5. The van der Waals surface area contributed by atoms with Gasteiger partial charge in [0.05, 0.1) is 11.1 Å². The highest BCUT2D eigenvalue weighted by Crippen LogP contribution is 2.66. The van der Waals surface area contributed by atoms with Crippen LogP contribution in [0.2, 0.25) is 28.3 Å². The zero-order valence-electron chi connectivity index (χ0n) is 18.2. The minimum Gasteiger partial charge on any atom is -0.408 e. The third-order valence-corrected chi connectivity index (χ3v) is 12.9. The fraction of sp³-hybridized carbons (Fsp3) is 0.773. The van der Waals surface area contributed by atoms with Gasteiger partial charge in [-0.1, -0.05) is 57.8 Å². The number of hydrogen-bond donors (Lipinski definition) is 1. The minimum absolute atomic E-state index is 0.135. The second-order valence-electron chi connectivity index (χ2n) is 9.41. The lowest BCUT2D eigenvalue weighted by molar-refractivity contribution is 0.178. The number of nitrogens with one attached hydrogen (secondary N) is 1. The van der Waals surface area contributed by atoms with Crippen molar-refractivity contribution in [1.29, 1.82) is 0 Å². The number of aromatic nitrogens is 1. The zero-order chi connectivity index (χ0) is 20.7. The van der Waals surface area contributed by atoms with Crippen molar-refractivity contribution in [3.8, 4) is 0 Å². The van der Waals surface area contributed by atoms with E-state index in [-0.39, 0.29) is 6.10 Å². The van der Waals surface area contributed by atoms with Crippen LogP contribution in [0.4, 0.5) is 0 Å². The summed E-state index contributed by atoms with van der Waals surface area (Å²) < 4.78 is 6.88. The average Bonchev–Trinajstić information content (AvgIpc) is 2.99. The average molecular weight is 444 g/mol. The Bertz CT molecular complexity index is 663. The topological polar surface area (TPSA) is 34.1 Å². The Kier molecular flexibility index (Phi) is 6.88. The lowest BCUT2D eigenvalue weighted by atomic mass is 9.97. The van der Waals surface area contributed by atoms with E-state index in [1.54, 1.807) is 0 Å². The maximum absolute atomic E-state index is 6.88. The normalized spacial score (nSPS) is 26.9. The number of nitrogens with zero attached hydrogens (tertiary/aromatic N) is 1. The van der Waals surface area contributed by atoms with E-state index >= 15 is 0 Å². The Hall–Kier alpha value is -0.133. The number of rotatable bonds is 9. The molecule has 3 rings (SSSR count). The molecule has 0 spiro atoms. The zero-order valence-corrected chi connectivity index (χ0v) is 20.8. The second-order valence-corrected chi connectivity index (χ2v) is 14.9. The van der Waals surface area contributed by atoms with Gasteiger partial charge >= 0.3 is 0 Å². The molecule has 1 N–H and O–H groups in total. The first-order chi connectivity index (χ1) is 13.2. The van der Waals surface area contributed by atoms with E-state index in [0.29, 0.717) is 21.6 Å². The summed E-state index contributed by atoms with van der Waals surface area (Å²) in [6, 6.07) is 5.79. The van der Waals surface area contributed by atoms with E-state index in [0.717, 1.165) is 47.8 Å².